The second-order valence-corrected chi connectivity index (χ2v) is 8.80. The van der Waals surface area contributed by atoms with Gasteiger partial charge in [0.1, 0.15) is 6.61 Å². The number of hydrogen-bond donors (Lipinski definition) is 1. The van der Waals surface area contributed by atoms with Crippen molar-refractivity contribution in [2.75, 3.05) is 13.2 Å². The minimum absolute atomic E-state index is 0.107. The van der Waals surface area contributed by atoms with E-state index in [4.69, 9.17) is 4.74 Å². The van der Waals surface area contributed by atoms with Crippen molar-refractivity contribution >= 4 is 40.1 Å². The Hall–Kier alpha value is -1.22. The third-order valence-corrected chi connectivity index (χ3v) is 7.03. The van der Waals surface area contributed by atoms with Gasteiger partial charge in [-0.3, -0.25) is 0 Å². The zero-order valence-electron chi connectivity index (χ0n) is 13.0. The summed E-state index contributed by atoms with van der Waals surface area (Å²) in [7, 11) is 0. The fraction of sp³-hybridized carbons (Fsp3) is 0.533. The molecule has 0 bridgehead atoms. The number of fused-ring (bicyclic) bond motifs is 1. The van der Waals surface area contributed by atoms with Crippen LogP contribution >= 0.6 is 23.1 Å². The van der Waals surface area contributed by atoms with Crippen LogP contribution in [0.5, 0.6) is 0 Å². The lowest BCUT2D eigenvalue weighted by atomic mass is 9.88. The van der Waals surface area contributed by atoms with Crippen molar-refractivity contribution in [3.8, 4) is 0 Å². The Labute approximate surface area is 142 Å². The molecule has 2 aliphatic rings. The van der Waals surface area contributed by atoms with Gasteiger partial charge in [0.25, 0.3) is 5.13 Å². The number of ether oxygens (including phenoxy) is 1. The number of amides is 1. The lowest BCUT2D eigenvalue weighted by molar-refractivity contribution is -0.166. The Bertz CT molecular complexity index is 646. The fourth-order valence-electron chi connectivity index (χ4n) is 3.58. The number of nitrogens with zero attached hydrogens (tertiary/aromatic N) is 2. The van der Waals surface area contributed by atoms with Crippen molar-refractivity contribution in [1.29, 1.82) is 0 Å². The number of aliphatic hydroxyl groups excluding tert-OH is 1. The molecule has 8 heteroatoms. The Morgan fingerprint density at radius 2 is 2.35 bits per heavy atom. The average Bonchev–Trinajstić information content (AvgIpc) is 3.09. The zero-order valence-corrected chi connectivity index (χ0v) is 14.6. The first-order valence-corrected chi connectivity index (χ1v) is 9.06. The number of hydrogen-bond acceptors (Lipinski definition) is 7. The maximum absolute atomic E-state index is 12.9. The van der Waals surface area contributed by atoms with E-state index in [1.165, 1.54) is 17.4 Å². The van der Waals surface area contributed by atoms with Crippen LogP contribution in [0.3, 0.4) is 0 Å². The van der Waals surface area contributed by atoms with Crippen molar-refractivity contribution in [1.82, 2.24) is 9.47 Å². The molecule has 1 N–H and O–H groups in total. The third kappa shape index (κ3) is 2.12. The number of β-lactam (4-membered cyclic amide) rings is 1. The highest BCUT2D eigenvalue weighted by Crippen LogP contribution is 2.61. The monoisotopic (exact) mass is 355 g/mol. The molecule has 2 saturated heterocycles. The Balaban J connectivity index is 2.09. The summed E-state index contributed by atoms with van der Waals surface area (Å²) in [5.74, 6) is -1.06. The van der Waals surface area contributed by atoms with Gasteiger partial charge in [-0.2, -0.15) is 9.47 Å². The summed E-state index contributed by atoms with van der Waals surface area (Å²) in [6.07, 6.45) is 3.14. The van der Waals surface area contributed by atoms with Gasteiger partial charge >= 0.3 is 11.9 Å². The van der Waals surface area contributed by atoms with E-state index < -0.39 is 22.7 Å². The molecule has 1 aromatic heterocycles. The van der Waals surface area contributed by atoms with E-state index in [9.17, 15) is 14.7 Å². The van der Waals surface area contributed by atoms with Crippen LogP contribution in [-0.4, -0.2) is 51.3 Å². The molecule has 3 rings (SSSR count). The third-order valence-electron chi connectivity index (χ3n) is 4.42. The van der Waals surface area contributed by atoms with Gasteiger partial charge in [-0.05, 0) is 13.8 Å². The van der Waals surface area contributed by atoms with E-state index in [0.717, 1.165) is 0 Å². The molecule has 1 amide bonds. The highest BCUT2D eigenvalue weighted by molar-refractivity contribution is 8.01. The molecule has 2 fully saturated rings. The molecule has 0 aromatic carbocycles. The summed E-state index contributed by atoms with van der Waals surface area (Å²) in [6.45, 7) is 7.32. The van der Waals surface area contributed by atoms with Crippen LogP contribution in [0.15, 0.2) is 24.2 Å². The minimum Gasteiger partial charge on any atom is -0.457 e. The van der Waals surface area contributed by atoms with Crippen molar-refractivity contribution in [2.45, 2.75) is 30.0 Å². The molecular formula is C15H19N2O4S2+. The average molecular weight is 355 g/mol. The largest absolute Gasteiger partial charge is 0.457 e. The quantitative estimate of drug-likeness (QED) is 0.374. The van der Waals surface area contributed by atoms with Crippen molar-refractivity contribution < 1.29 is 19.4 Å². The van der Waals surface area contributed by atoms with Gasteiger partial charge < -0.3 is 9.84 Å². The first kappa shape index (κ1) is 16.6. The van der Waals surface area contributed by atoms with E-state index in [1.807, 2.05) is 13.8 Å². The lowest BCUT2D eigenvalue weighted by Gasteiger charge is -2.48. The lowest BCUT2D eigenvalue weighted by Crippen LogP contribution is -2.79. The Morgan fingerprint density at radius 1 is 1.61 bits per heavy atom. The van der Waals surface area contributed by atoms with Gasteiger partial charge in [0.05, 0.1) is 11.4 Å². The van der Waals surface area contributed by atoms with E-state index in [0.29, 0.717) is 5.13 Å². The molecule has 23 heavy (non-hydrogen) atoms. The van der Waals surface area contributed by atoms with Gasteiger partial charge in [0.15, 0.2) is 11.3 Å². The van der Waals surface area contributed by atoms with Crippen LogP contribution in [0.4, 0.5) is 5.13 Å². The number of carbonyl (C=O) groups is 2. The fourth-order valence-corrected chi connectivity index (χ4v) is 6.37. The van der Waals surface area contributed by atoms with E-state index in [1.54, 1.807) is 23.3 Å². The van der Waals surface area contributed by atoms with Crippen LogP contribution in [0, 0.1) is 5.92 Å². The van der Waals surface area contributed by atoms with Gasteiger partial charge in [0, 0.05) is 11.6 Å². The molecule has 124 valence electrons. The van der Waals surface area contributed by atoms with Gasteiger partial charge in [-0.25, -0.2) is 9.59 Å². The van der Waals surface area contributed by atoms with E-state index in [2.05, 4.69) is 11.6 Å². The predicted molar refractivity (Wildman–Crippen MR) is 89.9 cm³/mol. The molecule has 4 atom stereocenters. The van der Waals surface area contributed by atoms with Gasteiger partial charge in [-0.15, -0.1) is 0 Å². The second kappa shape index (κ2) is 5.70. The summed E-state index contributed by atoms with van der Waals surface area (Å²) in [5, 5.41) is 11.7. The number of rotatable bonds is 5. The molecule has 2 aliphatic heterocycles. The molecule has 3 heterocycles. The molecule has 1 unspecified atom stereocenters. The van der Waals surface area contributed by atoms with E-state index in [-0.39, 0.29) is 29.0 Å². The number of aromatic nitrogens is 1. The normalized spacial score (nSPS) is 34.6. The van der Waals surface area contributed by atoms with Crippen LogP contribution < -0.4 is 4.48 Å². The number of carbonyl (C=O) groups excluding carboxylic acids is 2. The maximum atomic E-state index is 12.9. The molecule has 1 aromatic rings. The first-order chi connectivity index (χ1) is 10.9. The van der Waals surface area contributed by atoms with Crippen molar-refractivity contribution in [3.63, 3.8) is 0 Å². The highest BCUT2D eigenvalue weighted by atomic mass is 32.2. The van der Waals surface area contributed by atoms with Gasteiger partial charge in [-0.1, -0.05) is 35.8 Å². The highest BCUT2D eigenvalue weighted by Gasteiger charge is 2.80. The van der Waals surface area contributed by atoms with Crippen molar-refractivity contribution in [3.05, 3.63) is 24.2 Å². The molecule has 0 saturated carbocycles. The van der Waals surface area contributed by atoms with Gasteiger partial charge in [0.2, 0.25) is 6.04 Å². The molecule has 0 spiro atoms. The molecule has 6 nitrogen and oxygen atoms in total. The van der Waals surface area contributed by atoms with Crippen LogP contribution in [-0.2, 0) is 14.3 Å². The van der Waals surface area contributed by atoms with Crippen LogP contribution in [0.2, 0.25) is 0 Å². The zero-order chi connectivity index (χ0) is 16.8. The second-order valence-electron chi connectivity index (χ2n) is 6.15. The summed E-state index contributed by atoms with van der Waals surface area (Å²) < 4.78 is 4.63. The number of esters is 1. The Morgan fingerprint density at radius 3 is 2.91 bits per heavy atom. The first-order valence-electron chi connectivity index (χ1n) is 7.30. The van der Waals surface area contributed by atoms with Crippen LogP contribution in [0.1, 0.15) is 13.8 Å². The SMILES string of the molecule is C=CCOC(=O)[C@H]1C(C)(C)S[C@@H]2[C@H](CO)C(=O)[N+]21c1nccs1. The van der Waals surface area contributed by atoms with Crippen molar-refractivity contribution in [2.24, 2.45) is 5.92 Å². The maximum Gasteiger partial charge on any atom is 0.367 e. The molecule has 0 aliphatic carbocycles. The van der Waals surface area contributed by atoms with Crippen LogP contribution in [0.25, 0.3) is 0 Å². The Kier molecular flexibility index (Phi) is 4.12. The topological polar surface area (TPSA) is 76.5 Å². The number of thiazole rings is 1. The summed E-state index contributed by atoms with van der Waals surface area (Å²) in [6, 6.07) is -0.682. The van der Waals surface area contributed by atoms with E-state index >= 15 is 0 Å². The molecular weight excluding hydrogens is 336 g/mol. The summed E-state index contributed by atoms with van der Waals surface area (Å²) in [4.78, 5) is 29.9. The minimum atomic E-state index is -0.682. The number of quaternary nitrogens is 1. The summed E-state index contributed by atoms with van der Waals surface area (Å²) in [5.41, 5.74) is 0. The summed E-state index contributed by atoms with van der Waals surface area (Å²) >= 11 is 2.91. The smallest absolute Gasteiger partial charge is 0.367 e. The standard InChI is InChI=1S/C15H19N2O4S2/c1-4-6-21-13(20)10-15(2,3)23-12-9(8-18)11(19)17(10,12)14-16-5-7-22-14/h4-5,7,9-10,12,18H,1,6,8H2,2-3H3/q+1/t9-,10+,12-,17?/m1/s1. The predicted octanol–water partition coefficient (Wildman–Crippen LogP) is 1.55. The number of thioether (sulfide) groups is 1. The molecule has 0 radical (unpaired) electrons. The number of aliphatic hydroxyl groups is 1.